The van der Waals surface area contributed by atoms with Crippen LogP contribution in [0.4, 0.5) is 5.69 Å². The molecule has 0 aromatic heterocycles. The number of hydrogen-bond acceptors (Lipinski definition) is 2. The van der Waals surface area contributed by atoms with Crippen molar-refractivity contribution >= 4 is 5.69 Å². The third-order valence-corrected chi connectivity index (χ3v) is 2.61. The molecule has 0 saturated carbocycles. The zero-order valence-corrected chi connectivity index (χ0v) is 9.48. The molecule has 2 nitrogen and oxygen atoms in total. The Bertz CT molecular complexity index is 313. The molecule has 1 atom stereocenters. The second-order valence-electron chi connectivity index (χ2n) is 3.73. The fraction of sp³-hybridized carbons (Fsp3) is 0.462. The summed E-state index contributed by atoms with van der Waals surface area (Å²) in [4.78, 5) is 2.05. The van der Waals surface area contributed by atoms with Crippen LogP contribution in [0.25, 0.3) is 0 Å². The summed E-state index contributed by atoms with van der Waals surface area (Å²) in [5.41, 5.74) is 1.11. The summed E-state index contributed by atoms with van der Waals surface area (Å²) in [5.74, 6) is 0. The number of nitrogens with zero attached hydrogens (tertiary/aromatic N) is 2. The molecule has 0 radical (unpaired) electrons. The summed E-state index contributed by atoms with van der Waals surface area (Å²) in [6.45, 7) is 2.15. The molecule has 1 rings (SSSR count). The SMILES string of the molecule is CCCCC(C#N)N(C)c1ccccc1. The van der Waals surface area contributed by atoms with E-state index in [0.717, 1.165) is 24.9 Å². The molecule has 0 fully saturated rings. The third-order valence-electron chi connectivity index (χ3n) is 2.61. The Morgan fingerprint density at radius 3 is 2.53 bits per heavy atom. The first-order valence-corrected chi connectivity index (χ1v) is 5.47. The zero-order chi connectivity index (χ0) is 11.1. The maximum atomic E-state index is 9.09. The molecule has 0 spiro atoms. The summed E-state index contributed by atoms with van der Waals surface area (Å²) in [6.07, 6.45) is 3.19. The van der Waals surface area contributed by atoms with Crippen molar-refractivity contribution in [1.82, 2.24) is 0 Å². The van der Waals surface area contributed by atoms with E-state index in [9.17, 15) is 0 Å². The maximum Gasteiger partial charge on any atom is 0.116 e. The quantitative estimate of drug-likeness (QED) is 0.733. The lowest BCUT2D eigenvalue weighted by Gasteiger charge is -2.24. The predicted molar refractivity (Wildman–Crippen MR) is 63.8 cm³/mol. The van der Waals surface area contributed by atoms with Gasteiger partial charge in [0, 0.05) is 12.7 Å². The lowest BCUT2D eigenvalue weighted by atomic mass is 10.1. The van der Waals surface area contributed by atoms with Gasteiger partial charge in [-0.1, -0.05) is 38.0 Å². The van der Waals surface area contributed by atoms with Gasteiger partial charge in [0.2, 0.25) is 0 Å². The van der Waals surface area contributed by atoms with Crippen molar-refractivity contribution in [2.75, 3.05) is 11.9 Å². The Morgan fingerprint density at radius 1 is 1.33 bits per heavy atom. The monoisotopic (exact) mass is 202 g/mol. The van der Waals surface area contributed by atoms with Crippen LogP contribution in [0.15, 0.2) is 30.3 Å². The van der Waals surface area contributed by atoms with Crippen molar-refractivity contribution in [2.45, 2.75) is 32.2 Å². The summed E-state index contributed by atoms with van der Waals surface area (Å²) in [5, 5.41) is 9.09. The van der Waals surface area contributed by atoms with Gasteiger partial charge in [0.15, 0.2) is 0 Å². The molecule has 1 unspecified atom stereocenters. The Kier molecular flexibility index (Phi) is 4.70. The molecular formula is C13H18N2. The predicted octanol–water partition coefficient (Wildman–Crippen LogP) is 3.21. The minimum absolute atomic E-state index is 0.00708. The second-order valence-corrected chi connectivity index (χ2v) is 3.73. The van der Waals surface area contributed by atoms with Gasteiger partial charge in [0.05, 0.1) is 6.07 Å². The highest BCUT2D eigenvalue weighted by Crippen LogP contribution is 2.16. The third kappa shape index (κ3) is 3.28. The Morgan fingerprint density at radius 2 is 2.00 bits per heavy atom. The average Bonchev–Trinajstić information content (AvgIpc) is 2.31. The molecule has 0 saturated heterocycles. The molecular weight excluding hydrogens is 184 g/mol. The van der Waals surface area contributed by atoms with Crippen molar-refractivity contribution in [3.8, 4) is 6.07 Å². The van der Waals surface area contributed by atoms with Crippen molar-refractivity contribution < 1.29 is 0 Å². The first-order chi connectivity index (χ1) is 7.29. The number of nitriles is 1. The van der Waals surface area contributed by atoms with Gasteiger partial charge in [-0.3, -0.25) is 0 Å². The number of unbranched alkanes of at least 4 members (excludes halogenated alkanes) is 1. The minimum atomic E-state index is -0.00708. The minimum Gasteiger partial charge on any atom is -0.359 e. The highest BCUT2D eigenvalue weighted by atomic mass is 15.1. The van der Waals surface area contributed by atoms with Crippen LogP contribution in [0.5, 0.6) is 0 Å². The zero-order valence-electron chi connectivity index (χ0n) is 9.48. The van der Waals surface area contributed by atoms with Crippen molar-refractivity contribution in [1.29, 1.82) is 5.26 Å². The fourth-order valence-corrected chi connectivity index (χ4v) is 1.59. The van der Waals surface area contributed by atoms with Gasteiger partial charge < -0.3 is 4.90 Å². The second kappa shape index (κ2) is 6.08. The molecule has 0 aliphatic carbocycles. The van der Waals surface area contributed by atoms with Crippen molar-refractivity contribution in [3.05, 3.63) is 30.3 Å². The van der Waals surface area contributed by atoms with E-state index in [4.69, 9.17) is 5.26 Å². The molecule has 0 bridgehead atoms. The number of hydrogen-bond donors (Lipinski definition) is 0. The van der Waals surface area contributed by atoms with Crippen LogP contribution in [0, 0.1) is 11.3 Å². The first kappa shape index (κ1) is 11.6. The largest absolute Gasteiger partial charge is 0.359 e. The summed E-state index contributed by atoms with van der Waals surface area (Å²) >= 11 is 0. The molecule has 0 aliphatic rings. The van der Waals surface area contributed by atoms with Crippen molar-refractivity contribution in [2.24, 2.45) is 0 Å². The van der Waals surface area contributed by atoms with Crippen LogP contribution < -0.4 is 4.90 Å². The molecule has 1 aromatic rings. The highest BCUT2D eigenvalue weighted by Gasteiger charge is 2.12. The molecule has 0 N–H and O–H groups in total. The van der Waals surface area contributed by atoms with Crippen LogP contribution in [0.3, 0.4) is 0 Å². The number of rotatable bonds is 5. The molecule has 2 heteroatoms. The number of anilines is 1. The topological polar surface area (TPSA) is 27.0 Å². The number of para-hydroxylation sites is 1. The molecule has 1 aromatic carbocycles. The summed E-state index contributed by atoms with van der Waals surface area (Å²) in [7, 11) is 1.98. The van der Waals surface area contributed by atoms with Gasteiger partial charge in [-0.15, -0.1) is 0 Å². The van der Waals surface area contributed by atoms with E-state index < -0.39 is 0 Å². The van der Waals surface area contributed by atoms with E-state index in [1.165, 1.54) is 0 Å². The molecule has 80 valence electrons. The summed E-state index contributed by atoms with van der Waals surface area (Å²) in [6, 6.07) is 12.4. The maximum absolute atomic E-state index is 9.09. The van der Waals surface area contributed by atoms with E-state index in [-0.39, 0.29) is 6.04 Å². The Hall–Kier alpha value is -1.49. The fourth-order valence-electron chi connectivity index (χ4n) is 1.59. The normalized spacial score (nSPS) is 11.8. The van der Waals surface area contributed by atoms with Gasteiger partial charge in [-0.25, -0.2) is 0 Å². The Balaban J connectivity index is 2.66. The van der Waals surface area contributed by atoms with Crippen LogP contribution in [-0.4, -0.2) is 13.1 Å². The van der Waals surface area contributed by atoms with Gasteiger partial charge in [0.25, 0.3) is 0 Å². The van der Waals surface area contributed by atoms with Gasteiger partial charge >= 0.3 is 0 Å². The molecule has 0 heterocycles. The van der Waals surface area contributed by atoms with E-state index in [0.29, 0.717) is 0 Å². The van der Waals surface area contributed by atoms with E-state index >= 15 is 0 Å². The standard InChI is InChI=1S/C13H18N2/c1-3-4-8-13(11-14)15(2)12-9-6-5-7-10-12/h5-7,9-10,13H,3-4,8H2,1-2H3. The van der Waals surface area contributed by atoms with Gasteiger partial charge in [0.1, 0.15) is 6.04 Å². The van der Waals surface area contributed by atoms with E-state index in [2.05, 4.69) is 17.9 Å². The lowest BCUT2D eigenvalue weighted by Crippen LogP contribution is -2.30. The molecule has 0 aliphatic heterocycles. The van der Waals surface area contributed by atoms with E-state index in [1.54, 1.807) is 0 Å². The average molecular weight is 202 g/mol. The van der Waals surface area contributed by atoms with Crippen LogP contribution in [0.1, 0.15) is 26.2 Å². The first-order valence-electron chi connectivity index (χ1n) is 5.47. The van der Waals surface area contributed by atoms with Crippen LogP contribution in [0.2, 0.25) is 0 Å². The molecule has 15 heavy (non-hydrogen) atoms. The smallest absolute Gasteiger partial charge is 0.116 e. The van der Waals surface area contributed by atoms with Gasteiger partial charge in [-0.2, -0.15) is 5.26 Å². The molecule has 0 amide bonds. The van der Waals surface area contributed by atoms with E-state index in [1.807, 2.05) is 37.4 Å². The highest BCUT2D eigenvalue weighted by molar-refractivity contribution is 5.47. The lowest BCUT2D eigenvalue weighted by molar-refractivity contribution is 0.635. The summed E-state index contributed by atoms with van der Waals surface area (Å²) < 4.78 is 0. The Labute approximate surface area is 92.1 Å². The number of benzene rings is 1. The van der Waals surface area contributed by atoms with Crippen molar-refractivity contribution in [3.63, 3.8) is 0 Å². The van der Waals surface area contributed by atoms with Gasteiger partial charge in [-0.05, 0) is 18.6 Å². The van der Waals surface area contributed by atoms with Crippen LogP contribution >= 0.6 is 0 Å². The van der Waals surface area contributed by atoms with Crippen LogP contribution in [-0.2, 0) is 0 Å².